The van der Waals surface area contributed by atoms with E-state index in [1.54, 1.807) is 7.11 Å². The van der Waals surface area contributed by atoms with E-state index in [0.29, 0.717) is 5.92 Å². The summed E-state index contributed by atoms with van der Waals surface area (Å²) >= 11 is 0. The molecule has 2 N–H and O–H groups in total. The summed E-state index contributed by atoms with van der Waals surface area (Å²) in [4.78, 5) is 0. The van der Waals surface area contributed by atoms with E-state index < -0.39 is 0 Å². The van der Waals surface area contributed by atoms with Gasteiger partial charge in [-0.2, -0.15) is 0 Å². The van der Waals surface area contributed by atoms with Crippen molar-refractivity contribution in [2.24, 2.45) is 5.73 Å². The van der Waals surface area contributed by atoms with Crippen molar-refractivity contribution in [2.45, 2.75) is 37.8 Å². The molecule has 0 spiro atoms. The Kier molecular flexibility index (Phi) is 4.02. The van der Waals surface area contributed by atoms with Crippen molar-refractivity contribution >= 4 is 0 Å². The van der Waals surface area contributed by atoms with Crippen LogP contribution in [-0.4, -0.2) is 25.9 Å². The number of hydrogen-bond acceptors (Lipinski definition) is 3. The topological polar surface area (TPSA) is 44.5 Å². The third kappa shape index (κ3) is 2.79. The Morgan fingerprint density at radius 3 is 3.00 bits per heavy atom. The monoisotopic (exact) mass is 235 g/mol. The minimum Gasteiger partial charge on any atom is -0.493 e. The lowest BCUT2D eigenvalue weighted by atomic mass is 9.86. The molecule has 2 rings (SSSR count). The smallest absolute Gasteiger partial charge is 0.122 e. The van der Waals surface area contributed by atoms with Gasteiger partial charge in [0.25, 0.3) is 0 Å². The van der Waals surface area contributed by atoms with Gasteiger partial charge in [0.15, 0.2) is 0 Å². The summed E-state index contributed by atoms with van der Waals surface area (Å²) in [6.45, 7) is 2.81. The molecule has 1 aromatic rings. The fourth-order valence-corrected chi connectivity index (χ4v) is 2.36. The van der Waals surface area contributed by atoms with E-state index in [1.165, 1.54) is 5.56 Å². The standard InChI is InChI=1S/C14H21NO2/c1-10(16-2)13(15)9-11-7-8-17-14-6-4-3-5-12(11)14/h3-6,10-11,13H,7-9,15H2,1-2H3. The molecule has 0 fully saturated rings. The molecule has 3 unspecified atom stereocenters. The zero-order valence-electron chi connectivity index (χ0n) is 10.6. The van der Waals surface area contributed by atoms with Gasteiger partial charge in [-0.05, 0) is 37.3 Å². The molecule has 1 aliphatic rings. The molecular weight excluding hydrogens is 214 g/mol. The number of fused-ring (bicyclic) bond motifs is 1. The summed E-state index contributed by atoms with van der Waals surface area (Å²) in [5.41, 5.74) is 7.44. The van der Waals surface area contributed by atoms with Crippen molar-refractivity contribution in [1.82, 2.24) is 0 Å². The Morgan fingerprint density at radius 2 is 2.24 bits per heavy atom. The first-order chi connectivity index (χ1) is 8.22. The van der Waals surface area contributed by atoms with E-state index in [9.17, 15) is 0 Å². The van der Waals surface area contributed by atoms with Gasteiger partial charge < -0.3 is 15.2 Å². The Balaban J connectivity index is 2.08. The Bertz CT molecular complexity index is 367. The third-order valence-electron chi connectivity index (χ3n) is 3.61. The number of benzene rings is 1. The van der Waals surface area contributed by atoms with E-state index in [4.69, 9.17) is 15.2 Å². The van der Waals surface area contributed by atoms with Crippen LogP contribution in [0.1, 0.15) is 31.2 Å². The Hall–Kier alpha value is -1.06. The van der Waals surface area contributed by atoms with Crippen LogP contribution in [-0.2, 0) is 4.74 Å². The van der Waals surface area contributed by atoms with Gasteiger partial charge in [0.1, 0.15) is 5.75 Å². The van der Waals surface area contributed by atoms with Gasteiger partial charge in [0.2, 0.25) is 0 Å². The van der Waals surface area contributed by atoms with Crippen LogP contribution in [0, 0.1) is 0 Å². The SMILES string of the molecule is COC(C)C(N)CC1CCOc2ccccc21. The van der Waals surface area contributed by atoms with Crippen molar-refractivity contribution in [3.05, 3.63) is 29.8 Å². The van der Waals surface area contributed by atoms with Crippen molar-refractivity contribution in [2.75, 3.05) is 13.7 Å². The number of rotatable bonds is 4. The maximum atomic E-state index is 6.15. The van der Waals surface area contributed by atoms with Crippen molar-refractivity contribution in [3.63, 3.8) is 0 Å². The lowest BCUT2D eigenvalue weighted by Gasteiger charge is -2.29. The van der Waals surface area contributed by atoms with Gasteiger partial charge in [-0.3, -0.25) is 0 Å². The van der Waals surface area contributed by atoms with Crippen molar-refractivity contribution in [1.29, 1.82) is 0 Å². The molecule has 0 saturated carbocycles. The van der Waals surface area contributed by atoms with Crippen LogP contribution in [0.3, 0.4) is 0 Å². The van der Waals surface area contributed by atoms with Crippen LogP contribution in [0.4, 0.5) is 0 Å². The largest absolute Gasteiger partial charge is 0.493 e. The molecule has 3 heteroatoms. The van der Waals surface area contributed by atoms with Crippen LogP contribution < -0.4 is 10.5 Å². The van der Waals surface area contributed by atoms with Gasteiger partial charge in [0, 0.05) is 13.2 Å². The predicted molar refractivity (Wildman–Crippen MR) is 68.4 cm³/mol. The average Bonchev–Trinajstić information content (AvgIpc) is 2.38. The lowest BCUT2D eigenvalue weighted by molar-refractivity contribution is 0.0885. The van der Waals surface area contributed by atoms with Crippen LogP contribution in [0.25, 0.3) is 0 Å². The maximum Gasteiger partial charge on any atom is 0.122 e. The summed E-state index contributed by atoms with van der Waals surface area (Å²) in [5.74, 6) is 1.51. The quantitative estimate of drug-likeness (QED) is 0.871. The van der Waals surface area contributed by atoms with E-state index in [-0.39, 0.29) is 12.1 Å². The summed E-state index contributed by atoms with van der Waals surface area (Å²) in [5, 5.41) is 0. The first-order valence-electron chi connectivity index (χ1n) is 6.22. The molecule has 0 radical (unpaired) electrons. The molecule has 3 atom stereocenters. The third-order valence-corrected chi connectivity index (χ3v) is 3.61. The summed E-state index contributed by atoms with van der Waals surface area (Å²) in [6, 6.07) is 8.33. The van der Waals surface area contributed by atoms with Crippen LogP contribution in [0.15, 0.2) is 24.3 Å². The molecular formula is C14H21NO2. The fraction of sp³-hybridized carbons (Fsp3) is 0.571. The number of methoxy groups -OCH3 is 1. The minimum absolute atomic E-state index is 0.0798. The normalized spacial score (nSPS) is 22.4. The molecule has 0 aliphatic carbocycles. The highest BCUT2D eigenvalue weighted by atomic mass is 16.5. The second kappa shape index (κ2) is 5.52. The molecule has 94 valence electrons. The molecule has 1 aliphatic heterocycles. The highest BCUT2D eigenvalue weighted by Crippen LogP contribution is 2.36. The molecule has 3 nitrogen and oxygen atoms in total. The first-order valence-corrected chi connectivity index (χ1v) is 6.22. The zero-order chi connectivity index (χ0) is 12.3. The number of para-hydroxylation sites is 1. The van der Waals surface area contributed by atoms with E-state index in [1.807, 2.05) is 19.1 Å². The Morgan fingerprint density at radius 1 is 1.47 bits per heavy atom. The molecule has 0 bridgehead atoms. The van der Waals surface area contributed by atoms with Gasteiger partial charge in [-0.15, -0.1) is 0 Å². The van der Waals surface area contributed by atoms with E-state index in [0.717, 1.165) is 25.2 Å². The fourth-order valence-electron chi connectivity index (χ4n) is 2.36. The Labute approximate surface area is 103 Å². The van der Waals surface area contributed by atoms with E-state index >= 15 is 0 Å². The maximum absolute atomic E-state index is 6.15. The lowest BCUT2D eigenvalue weighted by Crippen LogP contribution is -2.36. The molecule has 0 amide bonds. The number of nitrogens with two attached hydrogens (primary N) is 1. The first kappa shape index (κ1) is 12.4. The van der Waals surface area contributed by atoms with Gasteiger partial charge in [-0.25, -0.2) is 0 Å². The highest BCUT2D eigenvalue weighted by Gasteiger charge is 2.24. The number of ether oxygens (including phenoxy) is 2. The predicted octanol–water partition coefficient (Wildman–Crippen LogP) is 2.30. The summed E-state index contributed by atoms with van der Waals surface area (Å²) < 4.78 is 10.9. The second-order valence-electron chi connectivity index (χ2n) is 4.71. The summed E-state index contributed by atoms with van der Waals surface area (Å²) in [7, 11) is 1.71. The zero-order valence-corrected chi connectivity index (χ0v) is 10.6. The molecule has 1 heterocycles. The van der Waals surface area contributed by atoms with Crippen molar-refractivity contribution in [3.8, 4) is 5.75 Å². The molecule has 0 saturated heterocycles. The minimum atomic E-state index is 0.0798. The van der Waals surface area contributed by atoms with Crippen LogP contribution >= 0.6 is 0 Å². The summed E-state index contributed by atoms with van der Waals surface area (Å²) in [6.07, 6.45) is 2.10. The van der Waals surface area contributed by atoms with Crippen LogP contribution in [0.5, 0.6) is 5.75 Å². The van der Waals surface area contributed by atoms with Gasteiger partial charge in [0.05, 0.1) is 12.7 Å². The van der Waals surface area contributed by atoms with Crippen molar-refractivity contribution < 1.29 is 9.47 Å². The van der Waals surface area contributed by atoms with E-state index in [2.05, 4.69) is 12.1 Å². The van der Waals surface area contributed by atoms with Gasteiger partial charge in [-0.1, -0.05) is 18.2 Å². The number of hydrogen-bond donors (Lipinski definition) is 1. The second-order valence-corrected chi connectivity index (χ2v) is 4.71. The van der Waals surface area contributed by atoms with Crippen LogP contribution in [0.2, 0.25) is 0 Å². The molecule has 17 heavy (non-hydrogen) atoms. The average molecular weight is 235 g/mol. The molecule has 0 aromatic heterocycles. The molecule has 1 aromatic carbocycles. The van der Waals surface area contributed by atoms with Gasteiger partial charge >= 0.3 is 0 Å². The highest BCUT2D eigenvalue weighted by molar-refractivity contribution is 5.37.